The first-order valence-electron chi connectivity index (χ1n) is 21.3. The first-order valence-corrected chi connectivity index (χ1v) is 21.3. The van der Waals surface area contributed by atoms with Gasteiger partial charge in [-0.05, 0) is 156 Å². The van der Waals surface area contributed by atoms with Crippen molar-refractivity contribution in [3.63, 3.8) is 0 Å². The van der Waals surface area contributed by atoms with Gasteiger partial charge in [0.25, 0.3) is 0 Å². The average Bonchev–Trinajstić information content (AvgIpc) is 3.98. The Morgan fingerprint density at radius 1 is 0.350 bits per heavy atom. The fourth-order valence-electron chi connectivity index (χ4n) is 10.6. The van der Waals surface area contributed by atoms with Crippen LogP contribution < -0.4 is 9.80 Å². The Hall–Kier alpha value is -7.36. The van der Waals surface area contributed by atoms with Gasteiger partial charge >= 0.3 is 0 Å². The van der Waals surface area contributed by atoms with Crippen LogP contribution in [0.4, 0.5) is 34.1 Å². The van der Waals surface area contributed by atoms with Crippen LogP contribution in [0.1, 0.15) is 35.1 Å². The van der Waals surface area contributed by atoms with Gasteiger partial charge in [0.15, 0.2) is 0 Å². The van der Waals surface area contributed by atoms with Crippen LogP contribution in [-0.2, 0) is 18.3 Å². The van der Waals surface area contributed by atoms with Crippen molar-refractivity contribution in [3.8, 4) is 5.69 Å². The molecular formula is C57H43N3. The number of fused-ring (bicyclic) bond motifs is 8. The zero-order valence-corrected chi connectivity index (χ0v) is 33.4. The first kappa shape index (κ1) is 34.7. The zero-order chi connectivity index (χ0) is 39.6. The molecule has 1 aromatic heterocycles. The summed E-state index contributed by atoms with van der Waals surface area (Å²) in [7, 11) is 0. The average molecular weight is 770 g/mol. The molecule has 12 rings (SSSR count). The van der Waals surface area contributed by atoms with E-state index in [9.17, 15) is 0 Å². The van der Waals surface area contributed by atoms with Crippen molar-refractivity contribution < 1.29 is 0 Å². The predicted molar refractivity (Wildman–Crippen MR) is 252 cm³/mol. The molecule has 0 saturated heterocycles. The van der Waals surface area contributed by atoms with Crippen molar-refractivity contribution in [2.24, 2.45) is 0 Å². The summed E-state index contributed by atoms with van der Waals surface area (Å²) in [6, 6.07) is 78.3. The van der Waals surface area contributed by atoms with Crippen LogP contribution in [0.15, 0.2) is 212 Å². The first-order chi connectivity index (χ1) is 29.7. The van der Waals surface area contributed by atoms with E-state index in [1.807, 2.05) is 0 Å². The SMILES string of the molecule is c1ccc(N(c2ccccc2)c2ccc3c(c2)[C@@]2(CC3)CCc3ccc(N(c4ccccc4)c4ccc5c6cc7ccccc7cc6n(-c6ccccc6)c5c4)cc32)cc1. The van der Waals surface area contributed by atoms with E-state index in [4.69, 9.17) is 0 Å². The molecule has 60 heavy (non-hydrogen) atoms. The second-order valence-corrected chi connectivity index (χ2v) is 16.5. The van der Waals surface area contributed by atoms with Crippen molar-refractivity contribution in [2.75, 3.05) is 9.80 Å². The number of aryl methyl sites for hydroxylation is 2. The molecule has 9 aromatic carbocycles. The summed E-state index contributed by atoms with van der Waals surface area (Å²) in [5.74, 6) is 0. The number of anilines is 6. The fraction of sp³-hybridized carbons (Fsp3) is 0.0877. The van der Waals surface area contributed by atoms with Crippen molar-refractivity contribution in [1.82, 2.24) is 4.57 Å². The second-order valence-electron chi connectivity index (χ2n) is 16.5. The minimum atomic E-state index is -0.0379. The largest absolute Gasteiger partial charge is 0.310 e. The molecule has 0 bridgehead atoms. The van der Waals surface area contributed by atoms with Crippen LogP contribution in [0.25, 0.3) is 38.3 Å². The summed E-state index contributed by atoms with van der Waals surface area (Å²) in [6.45, 7) is 0. The maximum Gasteiger partial charge on any atom is 0.0561 e. The highest BCUT2D eigenvalue weighted by atomic mass is 15.1. The highest BCUT2D eigenvalue weighted by molar-refractivity contribution is 6.14. The molecule has 0 unspecified atom stereocenters. The quantitative estimate of drug-likeness (QED) is 0.160. The number of hydrogen-bond acceptors (Lipinski definition) is 2. The third-order valence-electron chi connectivity index (χ3n) is 13.3. The van der Waals surface area contributed by atoms with Gasteiger partial charge < -0.3 is 14.4 Å². The summed E-state index contributed by atoms with van der Waals surface area (Å²) in [5, 5.41) is 5.02. The number of rotatable bonds is 7. The van der Waals surface area contributed by atoms with Gasteiger partial charge in [0.1, 0.15) is 0 Å². The number of nitrogens with zero attached hydrogens (tertiary/aromatic N) is 3. The standard InChI is InChI=1S/C57H43N3/c1-5-17-44(18-6-1)58(45-19-7-2-8-20-45)48-27-25-40-31-33-57(53(40)37-48)34-32-41-26-28-49(38-54(41)57)59(46-21-9-3-10-22-46)50-29-30-51-52-35-42-15-13-14-16-43(42)36-55(52)60(56(51)39-50)47-23-11-4-12-24-47/h1-30,35-39H,31-34H2/t57-/m1/s1. The van der Waals surface area contributed by atoms with Gasteiger partial charge in [-0.3, -0.25) is 0 Å². The maximum absolute atomic E-state index is 2.53. The van der Waals surface area contributed by atoms with E-state index in [-0.39, 0.29) is 5.41 Å². The van der Waals surface area contributed by atoms with Gasteiger partial charge in [-0.25, -0.2) is 0 Å². The Kier molecular flexibility index (Phi) is 8.02. The second kappa shape index (κ2) is 13.9. The molecule has 1 heterocycles. The molecule has 10 aromatic rings. The van der Waals surface area contributed by atoms with Gasteiger partial charge in [0.05, 0.1) is 11.0 Å². The van der Waals surface area contributed by atoms with Crippen molar-refractivity contribution in [1.29, 1.82) is 0 Å². The van der Waals surface area contributed by atoms with Gasteiger partial charge in [-0.1, -0.05) is 115 Å². The molecule has 1 atom stereocenters. The van der Waals surface area contributed by atoms with Crippen LogP contribution >= 0.6 is 0 Å². The van der Waals surface area contributed by atoms with Gasteiger partial charge in [-0.2, -0.15) is 0 Å². The lowest BCUT2D eigenvalue weighted by molar-refractivity contribution is 0.507. The van der Waals surface area contributed by atoms with Crippen molar-refractivity contribution in [2.45, 2.75) is 31.1 Å². The van der Waals surface area contributed by atoms with E-state index >= 15 is 0 Å². The normalized spacial score (nSPS) is 15.5. The molecule has 286 valence electrons. The Labute approximate surface area is 351 Å². The summed E-state index contributed by atoms with van der Waals surface area (Å²) in [5.41, 5.74) is 16.5. The Morgan fingerprint density at radius 2 is 0.783 bits per heavy atom. The summed E-state index contributed by atoms with van der Waals surface area (Å²) < 4.78 is 2.45. The molecular weight excluding hydrogens is 727 g/mol. The maximum atomic E-state index is 2.53. The lowest BCUT2D eigenvalue weighted by atomic mass is 9.76. The van der Waals surface area contributed by atoms with Crippen molar-refractivity contribution in [3.05, 3.63) is 235 Å². The third kappa shape index (κ3) is 5.50. The molecule has 0 N–H and O–H groups in total. The number of hydrogen-bond donors (Lipinski definition) is 0. The molecule has 2 aliphatic rings. The lowest BCUT2D eigenvalue weighted by Crippen LogP contribution is -2.22. The monoisotopic (exact) mass is 769 g/mol. The van der Waals surface area contributed by atoms with E-state index in [0.717, 1.165) is 42.7 Å². The van der Waals surface area contributed by atoms with Gasteiger partial charge in [0, 0.05) is 56.0 Å². The molecule has 0 fully saturated rings. The van der Waals surface area contributed by atoms with Crippen LogP contribution in [0.3, 0.4) is 0 Å². The molecule has 3 nitrogen and oxygen atoms in total. The van der Waals surface area contributed by atoms with Crippen molar-refractivity contribution >= 4 is 66.7 Å². The van der Waals surface area contributed by atoms with Crippen LogP contribution in [0.2, 0.25) is 0 Å². The van der Waals surface area contributed by atoms with E-state index in [0.29, 0.717) is 0 Å². The highest BCUT2D eigenvalue weighted by Gasteiger charge is 2.45. The lowest BCUT2D eigenvalue weighted by Gasteiger charge is -2.31. The van der Waals surface area contributed by atoms with Crippen LogP contribution in [0.5, 0.6) is 0 Å². The summed E-state index contributed by atoms with van der Waals surface area (Å²) >= 11 is 0. The minimum Gasteiger partial charge on any atom is -0.310 e. The van der Waals surface area contributed by atoms with Crippen LogP contribution in [-0.4, -0.2) is 4.57 Å². The number of para-hydroxylation sites is 4. The Balaban J connectivity index is 1.02. The molecule has 0 amide bonds. The van der Waals surface area contributed by atoms with Gasteiger partial charge in [0.2, 0.25) is 0 Å². The Bertz CT molecular complexity index is 3160. The third-order valence-corrected chi connectivity index (χ3v) is 13.3. The molecule has 0 radical (unpaired) electrons. The molecule has 2 aliphatic carbocycles. The highest BCUT2D eigenvalue weighted by Crippen LogP contribution is 2.55. The number of aromatic nitrogens is 1. The predicted octanol–water partition coefficient (Wildman–Crippen LogP) is 15.1. The molecule has 0 aliphatic heterocycles. The van der Waals surface area contributed by atoms with Crippen LogP contribution in [0, 0.1) is 0 Å². The Morgan fingerprint density at radius 3 is 1.33 bits per heavy atom. The summed E-state index contributed by atoms with van der Waals surface area (Å²) in [6.07, 6.45) is 4.43. The summed E-state index contributed by atoms with van der Waals surface area (Å²) in [4.78, 5) is 4.87. The van der Waals surface area contributed by atoms with E-state index in [2.05, 4.69) is 227 Å². The van der Waals surface area contributed by atoms with E-state index in [1.54, 1.807) is 0 Å². The zero-order valence-electron chi connectivity index (χ0n) is 33.4. The molecule has 0 saturated carbocycles. The van der Waals surface area contributed by atoms with E-state index < -0.39 is 0 Å². The minimum absolute atomic E-state index is 0.0379. The fourth-order valence-corrected chi connectivity index (χ4v) is 10.6. The molecule has 3 heteroatoms. The number of benzene rings is 9. The molecule has 1 spiro atoms. The smallest absolute Gasteiger partial charge is 0.0561 e. The topological polar surface area (TPSA) is 11.4 Å². The van der Waals surface area contributed by atoms with Gasteiger partial charge in [-0.15, -0.1) is 0 Å². The van der Waals surface area contributed by atoms with E-state index in [1.165, 1.54) is 77.6 Å².